The highest BCUT2D eigenvalue weighted by molar-refractivity contribution is 7.80. The van der Waals surface area contributed by atoms with E-state index in [2.05, 4.69) is 60.7 Å². The van der Waals surface area contributed by atoms with Crippen molar-refractivity contribution in [2.45, 2.75) is 57.7 Å². The van der Waals surface area contributed by atoms with Crippen molar-refractivity contribution in [1.29, 1.82) is 0 Å². The second kappa shape index (κ2) is 11.2. The fourth-order valence-corrected chi connectivity index (χ4v) is 4.50. The summed E-state index contributed by atoms with van der Waals surface area (Å²) in [6.45, 7) is 8.83. The van der Waals surface area contributed by atoms with Crippen molar-refractivity contribution in [2.75, 3.05) is 13.1 Å². The molecule has 1 aliphatic rings. The van der Waals surface area contributed by atoms with Gasteiger partial charge in [-0.15, -0.1) is 0 Å². The molecule has 1 fully saturated rings. The zero-order valence-electron chi connectivity index (χ0n) is 18.6. The first-order chi connectivity index (χ1) is 15.0. The fourth-order valence-electron chi connectivity index (χ4n) is 4.02. The zero-order chi connectivity index (χ0) is 23.9. The monoisotopic (exact) mass is 492 g/mol. The van der Waals surface area contributed by atoms with E-state index in [4.69, 9.17) is 12.2 Å². The number of isothiocyanates is 2. The molecule has 0 radical (unpaired) electrons. The number of thiocarbonyl (C=S) groups is 3. The molecule has 1 aromatic rings. The van der Waals surface area contributed by atoms with Gasteiger partial charge in [-0.3, -0.25) is 4.79 Å². The molecule has 0 aliphatic carbocycles. The number of nitrogens with zero attached hydrogens (tertiary/aromatic N) is 3. The van der Waals surface area contributed by atoms with Crippen LogP contribution in [-0.4, -0.2) is 61.8 Å². The van der Waals surface area contributed by atoms with E-state index in [9.17, 15) is 10.0 Å². The molecule has 0 unspecified atom stereocenters. The number of nitrogens with one attached hydrogen (secondary N) is 3. The van der Waals surface area contributed by atoms with E-state index in [1.165, 1.54) is 5.06 Å². The average Bonchev–Trinajstić information content (AvgIpc) is 2.69. The molecule has 1 aliphatic heterocycles. The molecule has 32 heavy (non-hydrogen) atoms. The van der Waals surface area contributed by atoms with Crippen LogP contribution in [0.2, 0.25) is 0 Å². The number of aliphatic imine (C=N–C) groups is 2. The van der Waals surface area contributed by atoms with Gasteiger partial charge in [0.1, 0.15) is 0 Å². The lowest BCUT2D eigenvalue weighted by molar-refractivity contribution is -0.245. The van der Waals surface area contributed by atoms with E-state index in [0.717, 1.165) is 12.8 Å². The number of amides is 1. The van der Waals surface area contributed by atoms with Gasteiger partial charge in [-0.05, 0) is 95.4 Å². The SMILES string of the molecule is CC1(C)CC(NC(=S)NCCNC(=O)c2cc(N=C=S)cc(N=C=S)c2)CC(C)(C)N1O. The van der Waals surface area contributed by atoms with Gasteiger partial charge in [0, 0.05) is 35.8 Å². The maximum Gasteiger partial charge on any atom is 0.251 e. The molecule has 8 nitrogen and oxygen atoms in total. The van der Waals surface area contributed by atoms with Crippen LogP contribution in [0.4, 0.5) is 11.4 Å². The molecule has 4 N–H and O–H groups in total. The summed E-state index contributed by atoms with van der Waals surface area (Å²) in [4.78, 5) is 20.3. The normalized spacial score (nSPS) is 17.4. The topological polar surface area (TPSA) is 101 Å². The Balaban J connectivity index is 1.86. The molecular weight excluding hydrogens is 464 g/mol. The summed E-state index contributed by atoms with van der Waals surface area (Å²) in [5.41, 5.74) is 0.564. The molecule has 1 aromatic carbocycles. The van der Waals surface area contributed by atoms with Crippen LogP contribution in [0.5, 0.6) is 0 Å². The fraction of sp³-hybridized carbons (Fsp3) is 0.524. The Kier molecular flexibility index (Phi) is 9.12. The molecule has 0 saturated carbocycles. The lowest BCUT2D eigenvalue weighted by Gasteiger charge is -2.51. The Bertz CT molecular complexity index is 914. The molecule has 0 bridgehead atoms. The van der Waals surface area contributed by atoms with E-state index in [1.54, 1.807) is 18.2 Å². The van der Waals surface area contributed by atoms with E-state index in [-0.39, 0.29) is 23.0 Å². The van der Waals surface area contributed by atoms with E-state index in [0.29, 0.717) is 35.1 Å². The first-order valence-corrected chi connectivity index (χ1v) is 11.3. The summed E-state index contributed by atoms with van der Waals surface area (Å²) in [5, 5.41) is 26.2. The number of piperidine rings is 1. The van der Waals surface area contributed by atoms with Gasteiger partial charge in [0.05, 0.1) is 21.7 Å². The number of carbonyl (C=O) groups is 1. The Hall–Kier alpha value is -2.10. The highest BCUT2D eigenvalue weighted by Gasteiger charge is 2.45. The summed E-state index contributed by atoms with van der Waals surface area (Å²) in [6, 6.07) is 4.94. The van der Waals surface area contributed by atoms with Crippen molar-refractivity contribution >= 4 is 69.4 Å². The summed E-state index contributed by atoms with van der Waals surface area (Å²) in [7, 11) is 0. The Morgan fingerprint density at radius 2 is 1.56 bits per heavy atom. The number of rotatable bonds is 7. The number of benzene rings is 1. The molecule has 0 atom stereocenters. The molecule has 1 heterocycles. The number of hydrogen-bond donors (Lipinski definition) is 4. The number of hydroxylamine groups is 2. The van der Waals surface area contributed by atoms with Crippen molar-refractivity contribution < 1.29 is 10.0 Å². The van der Waals surface area contributed by atoms with Gasteiger partial charge in [0.2, 0.25) is 0 Å². The molecule has 0 spiro atoms. The van der Waals surface area contributed by atoms with Crippen LogP contribution in [0.15, 0.2) is 28.2 Å². The number of hydrogen-bond acceptors (Lipinski definition) is 8. The van der Waals surface area contributed by atoms with Crippen LogP contribution < -0.4 is 16.0 Å². The van der Waals surface area contributed by atoms with Gasteiger partial charge < -0.3 is 21.2 Å². The predicted molar refractivity (Wildman–Crippen MR) is 137 cm³/mol. The quantitative estimate of drug-likeness (QED) is 0.259. The standard InChI is InChI=1S/C21H28N6O2S3/c1-20(2)10-17(11-21(3,4)27(20)29)26-19(32)23-6-5-22-18(28)14-7-15(24-12-30)9-16(8-14)25-13-31/h7-9,17,29H,5-6,10-11H2,1-4H3,(H,22,28)(H2,23,26,32). The van der Waals surface area contributed by atoms with Crippen molar-refractivity contribution in [1.82, 2.24) is 21.0 Å². The lowest BCUT2D eigenvalue weighted by atomic mass is 9.79. The highest BCUT2D eigenvalue weighted by atomic mass is 32.1. The van der Waals surface area contributed by atoms with Crippen LogP contribution in [0, 0.1) is 0 Å². The molecule has 172 valence electrons. The van der Waals surface area contributed by atoms with E-state index < -0.39 is 0 Å². The summed E-state index contributed by atoms with van der Waals surface area (Å²) >= 11 is 14.7. The largest absolute Gasteiger partial charge is 0.361 e. The summed E-state index contributed by atoms with van der Waals surface area (Å²) in [6.07, 6.45) is 1.50. The van der Waals surface area contributed by atoms with Crippen LogP contribution in [-0.2, 0) is 0 Å². The third-order valence-electron chi connectivity index (χ3n) is 5.18. The van der Waals surface area contributed by atoms with E-state index in [1.807, 2.05) is 27.7 Å². The van der Waals surface area contributed by atoms with Gasteiger partial charge in [-0.25, -0.2) is 0 Å². The minimum absolute atomic E-state index is 0.127. The Morgan fingerprint density at radius 1 is 1.06 bits per heavy atom. The zero-order valence-corrected chi connectivity index (χ0v) is 21.0. The minimum Gasteiger partial charge on any atom is -0.361 e. The predicted octanol–water partition coefficient (Wildman–Crippen LogP) is 3.76. The second-order valence-electron chi connectivity index (χ2n) is 8.84. The lowest BCUT2D eigenvalue weighted by Crippen LogP contribution is -2.63. The molecule has 1 saturated heterocycles. The van der Waals surface area contributed by atoms with Gasteiger partial charge in [-0.1, -0.05) is 0 Å². The average molecular weight is 493 g/mol. The third kappa shape index (κ3) is 7.21. The first kappa shape index (κ1) is 26.2. The molecule has 2 rings (SSSR count). The molecule has 1 amide bonds. The van der Waals surface area contributed by atoms with Gasteiger partial charge in [-0.2, -0.15) is 15.0 Å². The van der Waals surface area contributed by atoms with E-state index >= 15 is 0 Å². The Morgan fingerprint density at radius 3 is 2.06 bits per heavy atom. The molecule has 0 aromatic heterocycles. The van der Waals surface area contributed by atoms with Gasteiger partial charge >= 0.3 is 0 Å². The summed E-state index contributed by atoms with van der Waals surface area (Å²) < 4.78 is 0. The van der Waals surface area contributed by atoms with Crippen molar-refractivity contribution in [3.05, 3.63) is 23.8 Å². The van der Waals surface area contributed by atoms with Crippen molar-refractivity contribution in [3.8, 4) is 0 Å². The highest BCUT2D eigenvalue weighted by Crippen LogP contribution is 2.36. The maximum absolute atomic E-state index is 12.5. The van der Waals surface area contributed by atoms with Gasteiger partial charge in [0.25, 0.3) is 5.91 Å². The third-order valence-corrected chi connectivity index (χ3v) is 5.63. The van der Waals surface area contributed by atoms with Crippen LogP contribution in [0.1, 0.15) is 50.9 Å². The smallest absolute Gasteiger partial charge is 0.251 e. The number of carbonyl (C=O) groups excluding carboxylic acids is 1. The summed E-state index contributed by atoms with van der Waals surface area (Å²) in [5.74, 6) is -0.285. The van der Waals surface area contributed by atoms with Crippen molar-refractivity contribution in [2.24, 2.45) is 9.98 Å². The maximum atomic E-state index is 12.5. The van der Waals surface area contributed by atoms with Gasteiger partial charge in [0.15, 0.2) is 5.11 Å². The van der Waals surface area contributed by atoms with Crippen molar-refractivity contribution in [3.63, 3.8) is 0 Å². The van der Waals surface area contributed by atoms with Crippen LogP contribution in [0.25, 0.3) is 0 Å². The van der Waals surface area contributed by atoms with Crippen LogP contribution >= 0.6 is 36.7 Å². The Labute approximate surface area is 204 Å². The minimum atomic E-state index is -0.365. The first-order valence-electron chi connectivity index (χ1n) is 10.1. The molecule has 11 heteroatoms. The van der Waals surface area contributed by atoms with Crippen LogP contribution in [0.3, 0.4) is 0 Å². The second-order valence-corrected chi connectivity index (χ2v) is 9.62. The molecular formula is C21H28N6O2S3.